The van der Waals surface area contributed by atoms with E-state index in [-0.39, 0.29) is 25.4 Å². The van der Waals surface area contributed by atoms with E-state index in [0.29, 0.717) is 0 Å². The molecular formula is C19H15ClF3PPd+2. The van der Waals surface area contributed by atoms with Crippen molar-refractivity contribution in [3.8, 4) is 0 Å². The number of halogens is 4. The smallest absolute Gasteiger partial charge is 0.166 e. The standard InChI is InChI=1S/C12H11P.C7H4ClF3.Pd/c1-3-7-11(8-4-1)13-12-9-5-2-6-10-12;8-6-4-2-1-3-5(6)7(9,10)11;/h1-10,13H;1-4H;/q;;+2. The van der Waals surface area contributed by atoms with Crippen LogP contribution in [-0.2, 0) is 26.6 Å². The molecule has 0 aliphatic rings. The van der Waals surface area contributed by atoms with Crippen molar-refractivity contribution in [2.45, 2.75) is 6.18 Å². The first-order chi connectivity index (χ1) is 11.5. The molecule has 0 bridgehead atoms. The summed E-state index contributed by atoms with van der Waals surface area (Å²) >= 11 is 5.29. The van der Waals surface area contributed by atoms with Crippen LogP contribution in [-0.4, -0.2) is 0 Å². The van der Waals surface area contributed by atoms with Gasteiger partial charge in [0.15, 0.2) is 0 Å². The predicted octanol–water partition coefficient (Wildman–Crippen LogP) is 5.67. The Bertz CT molecular complexity index is 712. The quantitative estimate of drug-likeness (QED) is 0.333. The molecule has 132 valence electrons. The first-order valence-electron chi connectivity index (χ1n) is 7.15. The first kappa shape index (κ1) is 21.9. The van der Waals surface area contributed by atoms with Gasteiger partial charge in [-0.25, -0.2) is 0 Å². The summed E-state index contributed by atoms with van der Waals surface area (Å²) < 4.78 is 35.9. The largest absolute Gasteiger partial charge is 2.00 e. The second kappa shape index (κ2) is 10.7. The van der Waals surface area contributed by atoms with Crippen LogP contribution in [0, 0.1) is 0 Å². The van der Waals surface area contributed by atoms with Crippen LogP contribution in [0.5, 0.6) is 0 Å². The second-order valence-electron chi connectivity index (χ2n) is 4.83. The van der Waals surface area contributed by atoms with Crippen LogP contribution in [0.25, 0.3) is 0 Å². The van der Waals surface area contributed by atoms with Gasteiger partial charge in [-0.1, -0.05) is 93.0 Å². The van der Waals surface area contributed by atoms with Gasteiger partial charge in [0.2, 0.25) is 0 Å². The number of benzene rings is 3. The van der Waals surface area contributed by atoms with E-state index < -0.39 is 11.7 Å². The molecule has 0 atom stereocenters. The third-order valence-corrected chi connectivity index (χ3v) is 4.59. The Balaban J connectivity index is 0.000000244. The summed E-state index contributed by atoms with van der Waals surface area (Å²) in [4.78, 5) is 0. The molecule has 0 spiro atoms. The van der Waals surface area contributed by atoms with Crippen molar-refractivity contribution in [3.05, 3.63) is 95.5 Å². The van der Waals surface area contributed by atoms with Gasteiger partial charge in [-0.15, -0.1) is 0 Å². The van der Waals surface area contributed by atoms with E-state index in [9.17, 15) is 13.2 Å². The van der Waals surface area contributed by atoms with E-state index >= 15 is 0 Å². The number of hydrogen-bond donors (Lipinski definition) is 0. The molecule has 3 aromatic carbocycles. The Hall–Kier alpha value is -1.17. The van der Waals surface area contributed by atoms with Crippen molar-refractivity contribution in [3.63, 3.8) is 0 Å². The molecule has 0 aliphatic carbocycles. The average Bonchev–Trinajstić information content (AvgIpc) is 2.57. The fourth-order valence-electron chi connectivity index (χ4n) is 1.90. The van der Waals surface area contributed by atoms with Crippen LogP contribution in [0.1, 0.15) is 5.56 Å². The van der Waals surface area contributed by atoms with Crippen LogP contribution in [0.3, 0.4) is 0 Å². The van der Waals surface area contributed by atoms with Crippen LogP contribution < -0.4 is 10.6 Å². The number of alkyl halides is 3. The molecule has 25 heavy (non-hydrogen) atoms. The number of hydrogen-bond acceptors (Lipinski definition) is 0. The molecule has 0 fully saturated rings. The minimum atomic E-state index is -4.35. The van der Waals surface area contributed by atoms with Gasteiger partial charge in [-0.3, -0.25) is 0 Å². The van der Waals surface area contributed by atoms with Crippen LogP contribution in [0.4, 0.5) is 13.2 Å². The third kappa shape index (κ3) is 7.72. The van der Waals surface area contributed by atoms with Crippen molar-refractivity contribution in [1.82, 2.24) is 0 Å². The Morgan fingerprint density at radius 2 is 1.04 bits per heavy atom. The van der Waals surface area contributed by atoms with Crippen LogP contribution >= 0.6 is 20.2 Å². The van der Waals surface area contributed by atoms with Crippen LogP contribution in [0.2, 0.25) is 5.02 Å². The summed E-state index contributed by atoms with van der Waals surface area (Å²) in [6, 6.07) is 26.1. The maximum absolute atomic E-state index is 12.0. The molecule has 0 amide bonds. The molecule has 0 nitrogen and oxygen atoms in total. The maximum Gasteiger partial charge on any atom is 2.00 e. The van der Waals surface area contributed by atoms with Gasteiger partial charge in [0, 0.05) is 0 Å². The van der Waals surface area contributed by atoms with Gasteiger partial charge in [0.05, 0.1) is 10.6 Å². The van der Waals surface area contributed by atoms with Gasteiger partial charge in [-0.2, -0.15) is 13.2 Å². The zero-order chi connectivity index (χ0) is 17.4. The summed E-state index contributed by atoms with van der Waals surface area (Å²) in [5.41, 5.74) is -0.790. The normalized spacial score (nSPS) is 10.2. The van der Waals surface area contributed by atoms with E-state index in [4.69, 9.17) is 11.6 Å². The maximum atomic E-state index is 12.0. The third-order valence-electron chi connectivity index (χ3n) is 3.02. The van der Waals surface area contributed by atoms with Crippen LogP contribution in [0.15, 0.2) is 84.9 Å². The molecular weight excluding hydrogens is 458 g/mol. The number of rotatable bonds is 2. The van der Waals surface area contributed by atoms with Gasteiger partial charge >= 0.3 is 26.6 Å². The Labute approximate surface area is 165 Å². The Kier molecular flexibility index (Phi) is 9.40. The minimum Gasteiger partial charge on any atom is -0.166 e. The fourth-order valence-corrected chi connectivity index (χ4v) is 3.20. The summed E-state index contributed by atoms with van der Waals surface area (Å²) in [5, 5.41) is 2.53. The second-order valence-corrected chi connectivity index (χ2v) is 6.65. The van der Waals surface area contributed by atoms with Crippen molar-refractivity contribution in [2.24, 2.45) is 0 Å². The predicted molar refractivity (Wildman–Crippen MR) is 96.9 cm³/mol. The fraction of sp³-hybridized carbons (Fsp3) is 0.0526. The molecule has 0 unspecified atom stereocenters. The zero-order valence-corrected chi connectivity index (χ0v) is 16.2. The van der Waals surface area contributed by atoms with E-state index in [1.165, 1.54) is 28.8 Å². The van der Waals surface area contributed by atoms with Crippen molar-refractivity contribution < 1.29 is 33.6 Å². The van der Waals surface area contributed by atoms with E-state index in [2.05, 4.69) is 60.7 Å². The zero-order valence-electron chi connectivity index (χ0n) is 12.9. The summed E-state index contributed by atoms with van der Waals surface area (Å²) in [7, 11) is 0.777. The minimum absolute atomic E-state index is 0. The Morgan fingerprint density at radius 1 is 0.640 bits per heavy atom. The van der Waals surface area contributed by atoms with Gasteiger partial charge in [0.1, 0.15) is 0 Å². The average molecular weight is 473 g/mol. The monoisotopic (exact) mass is 472 g/mol. The van der Waals surface area contributed by atoms with Gasteiger partial charge in [0.25, 0.3) is 0 Å². The molecule has 0 N–H and O–H groups in total. The Morgan fingerprint density at radius 3 is 1.40 bits per heavy atom. The molecule has 3 aromatic rings. The summed E-state index contributed by atoms with van der Waals surface area (Å²) in [6.07, 6.45) is -4.35. The topological polar surface area (TPSA) is 0 Å². The van der Waals surface area contributed by atoms with E-state index in [0.717, 1.165) is 14.6 Å². The van der Waals surface area contributed by atoms with E-state index in [1.807, 2.05) is 0 Å². The molecule has 6 heteroatoms. The van der Waals surface area contributed by atoms with E-state index in [1.54, 1.807) is 0 Å². The van der Waals surface area contributed by atoms with Crippen molar-refractivity contribution in [1.29, 1.82) is 0 Å². The summed E-state index contributed by atoms with van der Waals surface area (Å²) in [6.45, 7) is 0. The van der Waals surface area contributed by atoms with Crippen molar-refractivity contribution in [2.75, 3.05) is 0 Å². The first-order valence-corrected chi connectivity index (χ1v) is 8.53. The van der Waals surface area contributed by atoms with Crippen molar-refractivity contribution >= 4 is 30.8 Å². The molecule has 0 heterocycles. The molecule has 3 rings (SSSR count). The molecule has 0 saturated heterocycles. The SMILES string of the molecule is FC(F)(F)c1ccccc1Cl.[Pd+2].c1ccc(Pc2ccccc2)cc1. The molecule has 0 radical (unpaired) electrons. The molecule has 0 aromatic heterocycles. The van der Waals surface area contributed by atoms with Gasteiger partial charge in [-0.05, 0) is 22.7 Å². The van der Waals surface area contributed by atoms with Gasteiger partial charge < -0.3 is 0 Å². The molecule has 0 saturated carbocycles. The summed E-state index contributed by atoms with van der Waals surface area (Å²) in [5.74, 6) is 0. The molecule has 0 aliphatic heterocycles.